The van der Waals surface area contributed by atoms with Gasteiger partial charge in [0.1, 0.15) is 5.82 Å². The molecule has 156 valence electrons. The number of halogens is 2. The van der Waals surface area contributed by atoms with E-state index < -0.39 is 0 Å². The summed E-state index contributed by atoms with van der Waals surface area (Å²) in [4.78, 5) is 7.50. The van der Waals surface area contributed by atoms with Crippen LogP contribution in [0.4, 0.5) is 4.39 Å². The third-order valence-electron chi connectivity index (χ3n) is 5.77. The highest BCUT2D eigenvalue weighted by molar-refractivity contribution is 14.0. The van der Waals surface area contributed by atoms with Crippen molar-refractivity contribution in [3.05, 3.63) is 35.8 Å². The molecule has 2 aromatic rings. The number of methoxy groups -OCH3 is 1. The van der Waals surface area contributed by atoms with E-state index in [-0.39, 0.29) is 29.8 Å². The van der Waals surface area contributed by atoms with Gasteiger partial charge in [0.15, 0.2) is 5.96 Å². The van der Waals surface area contributed by atoms with Gasteiger partial charge in [0.25, 0.3) is 0 Å². The van der Waals surface area contributed by atoms with Crippen LogP contribution in [0.1, 0.15) is 37.7 Å². The van der Waals surface area contributed by atoms with Gasteiger partial charge in [-0.25, -0.2) is 4.39 Å². The van der Waals surface area contributed by atoms with Gasteiger partial charge < -0.3 is 20.4 Å². The third-order valence-corrected chi connectivity index (χ3v) is 5.77. The molecule has 0 amide bonds. The number of aliphatic imine (C=N–C) groups is 1. The molecule has 1 fully saturated rings. The summed E-state index contributed by atoms with van der Waals surface area (Å²) in [5.41, 5.74) is 2.35. The first-order valence-corrected chi connectivity index (χ1v) is 9.85. The van der Waals surface area contributed by atoms with Crippen LogP contribution in [0.2, 0.25) is 0 Å². The fourth-order valence-corrected chi connectivity index (χ4v) is 4.13. The van der Waals surface area contributed by atoms with Crippen molar-refractivity contribution in [2.24, 2.45) is 10.4 Å². The molecule has 1 aliphatic rings. The fourth-order valence-electron chi connectivity index (χ4n) is 4.13. The zero-order valence-electron chi connectivity index (χ0n) is 16.8. The second-order valence-electron chi connectivity index (χ2n) is 7.56. The lowest BCUT2D eigenvalue weighted by Gasteiger charge is -2.30. The maximum absolute atomic E-state index is 13.3. The lowest BCUT2D eigenvalue weighted by atomic mass is 9.83. The Morgan fingerprint density at radius 2 is 2.07 bits per heavy atom. The number of ether oxygens (including phenoxy) is 1. The van der Waals surface area contributed by atoms with Crippen LogP contribution in [0.3, 0.4) is 0 Å². The number of nitrogens with zero attached hydrogens (tertiary/aromatic N) is 1. The van der Waals surface area contributed by atoms with Gasteiger partial charge in [-0.2, -0.15) is 0 Å². The highest BCUT2D eigenvalue weighted by Crippen LogP contribution is 2.40. The van der Waals surface area contributed by atoms with E-state index in [0.29, 0.717) is 5.41 Å². The standard InChI is InChI=1S/C21H31FN4O.HI/c1-23-20(26-15-21(10-12-27-2)8-3-4-9-21)24-11-7-16-14-25-19-13-17(22)5-6-18(16)19;/h5-6,13-14,25H,3-4,7-12,15H2,1-2H3,(H2,23,24,26);1H. The SMILES string of the molecule is CN=C(NCCc1c[nH]c2cc(F)ccc12)NCC1(CCOC)CCCC1.I. The normalized spacial score (nSPS) is 16.2. The van der Waals surface area contributed by atoms with Crippen molar-refractivity contribution in [1.29, 1.82) is 0 Å². The Morgan fingerprint density at radius 1 is 1.29 bits per heavy atom. The van der Waals surface area contributed by atoms with Gasteiger partial charge in [0.2, 0.25) is 0 Å². The number of H-pyrrole nitrogens is 1. The number of aromatic amines is 1. The molecule has 3 N–H and O–H groups in total. The van der Waals surface area contributed by atoms with E-state index in [1.807, 2.05) is 12.3 Å². The molecule has 0 spiro atoms. The monoisotopic (exact) mass is 502 g/mol. The average molecular weight is 502 g/mol. The predicted molar refractivity (Wildman–Crippen MR) is 124 cm³/mol. The van der Waals surface area contributed by atoms with Crippen LogP contribution in [0.5, 0.6) is 0 Å². The molecule has 1 aromatic heterocycles. The first-order chi connectivity index (χ1) is 13.2. The van der Waals surface area contributed by atoms with Gasteiger partial charge in [-0.3, -0.25) is 4.99 Å². The summed E-state index contributed by atoms with van der Waals surface area (Å²) < 4.78 is 18.6. The summed E-state index contributed by atoms with van der Waals surface area (Å²) in [6.45, 7) is 2.52. The lowest BCUT2D eigenvalue weighted by Crippen LogP contribution is -2.43. The van der Waals surface area contributed by atoms with Crippen LogP contribution in [0.25, 0.3) is 10.9 Å². The second-order valence-corrected chi connectivity index (χ2v) is 7.56. The molecule has 0 aliphatic heterocycles. The van der Waals surface area contributed by atoms with E-state index in [1.54, 1.807) is 14.2 Å². The summed E-state index contributed by atoms with van der Waals surface area (Å²) in [5, 5.41) is 7.99. The topological polar surface area (TPSA) is 61.4 Å². The third kappa shape index (κ3) is 5.83. The van der Waals surface area contributed by atoms with E-state index in [1.165, 1.54) is 43.4 Å². The van der Waals surface area contributed by atoms with Crippen molar-refractivity contribution < 1.29 is 9.13 Å². The molecule has 5 nitrogen and oxygen atoms in total. The van der Waals surface area contributed by atoms with Crippen LogP contribution >= 0.6 is 24.0 Å². The van der Waals surface area contributed by atoms with Crippen LogP contribution < -0.4 is 10.6 Å². The Kier molecular flexibility index (Phi) is 9.01. The molecule has 1 aromatic carbocycles. The Labute approximate surface area is 183 Å². The zero-order valence-corrected chi connectivity index (χ0v) is 19.1. The van der Waals surface area contributed by atoms with Gasteiger partial charge in [0, 0.05) is 51.0 Å². The zero-order chi connectivity index (χ0) is 19.1. The van der Waals surface area contributed by atoms with Crippen molar-refractivity contribution in [3.8, 4) is 0 Å². The minimum Gasteiger partial charge on any atom is -0.385 e. The largest absolute Gasteiger partial charge is 0.385 e. The molecule has 28 heavy (non-hydrogen) atoms. The summed E-state index contributed by atoms with van der Waals surface area (Å²) in [6.07, 6.45) is 9.02. The molecule has 0 radical (unpaired) electrons. The summed E-state index contributed by atoms with van der Waals surface area (Å²) >= 11 is 0. The highest BCUT2D eigenvalue weighted by Gasteiger charge is 2.33. The number of aromatic nitrogens is 1. The molecule has 0 saturated heterocycles. The van der Waals surface area contributed by atoms with Gasteiger partial charge in [-0.05, 0) is 54.9 Å². The van der Waals surface area contributed by atoms with Gasteiger partial charge in [-0.15, -0.1) is 24.0 Å². The number of nitrogens with one attached hydrogen (secondary N) is 3. The molecular formula is C21H32FIN4O. The van der Waals surface area contributed by atoms with Crippen molar-refractivity contribution in [1.82, 2.24) is 15.6 Å². The van der Waals surface area contributed by atoms with E-state index in [0.717, 1.165) is 49.4 Å². The number of fused-ring (bicyclic) bond motifs is 1. The quantitative estimate of drug-likeness (QED) is 0.288. The molecule has 0 unspecified atom stereocenters. The average Bonchev–Trinajstić information content (AvgIpc) is 3.30. The predicted octanol–water partition coefficient (Wildman–Crippen LogP) is 4.23. The van der Waals surface area contributed by atoms with Crippen molar-refractivity contribution in [2.45, 2.75) is 38.5 Å². The van der Waals surface area contributed by atoms with Crippen LogP contribution in [0, 0.1) is 11.2 Å². The Balaban J connectivity index is 0.00000280. The van der Waals surface area contributed by atoms with Crippen LogP contribution in [-0.2, 0) is 11.2 Å². The van der Waals surface area contributed by atoms with E-state index in [4.69, 9.17) is 4.74 Å². The maximum atomic E-state index is 13.3. The number of benzene rings is 1. The highest BCUT2D eigenvalue weighted by atomic mass is 127. The molecule has 3 rings (SSSR count). The molecule has 0 bridgehead atoms. The smallest absolute Gasteiger partial charge is 0.191 e. The minimum absolute atomic E-state index is 0. The first kappa shape index (κ1) is 22.9. The Hall–Kier alpha value is -1.35. The van der Waals surface area contributed by atoms with Gasteiger partial charge >= 0.3 is 0 Å². The molecule has 1 saturated carbocycles. The summed E-state index contributed by atoms with van der Waals surface area (Å²) in [7, 11) is 3.58. The molecular weight excluding hydrogens is 470 g/mol. The van der Waals surface area contributed by atoms with Crippen LogP contribution in [0.15, 0.2) is 29.4 Å². The number of rotatable bonds is 8. The molecule has 7 heteroatoms. The second kappa shape index (κ2) is 11.0. The first-order valence-electron chi connectivity index (χ1n) is 9.85. The summed E-state index contributed by atoms with van der Waals surface area (Å²) in [6, 6.07) is 4.88. The Bertz CT molecular complexity index is 771. The van der Waals surface area contributed by atoms with E-state index in [2.05, 4.69) is 20.6 Å². The van der Waals surface area contributed by atoms with Gasteiger partial charge in [-0.1, -0.05) is 12.8 Å². The number of hydrogen-bond acceptors (Lipinski definition) is 2. The lowest BCUT2D eigenvalue weighted by molar-refractivity contribution is 0.138. The Morgan fingerprint density at radius 3 is 2.79 bits per heavy atom. The number of hydrogen-bond donors (Lipinski definition) is 3. The van der Waals surface area contributed by atoms with Gasteiger partial charge in [0.05, 0.1) is 0 Å². The molecule has 1 heterocycles. The van der Waals surface area contributed by atoms with E-state index in [9.17, 15) is 4.39 Å². The van der Waals surface area contributed by atoms with Crippen molar-refractivity contribution in [3.63, 3.8) is 0 Å². The number of guanidine groups is 1. The van der Waals surface area contributed by atoms with E-state index >= 15 is 0 Å². The van der Waals surface area contributed by atoms with Crippen molar-refractivity contribution in [2.75, 3.05) is 33.9 Å². The maximum Gasteiger partial charge on any atom is 0.191 e. The molecule has 1 aliphatic carbocycles. The van der Waals surface area contributed by atoms with Crippen LogP contribution in [-0.4, -0.2) is 44.8 Å². The minimum atomic E-state index is -0.215. The molecule has 0 atom stereocenters. The summed E-state index contributed by atoms with van der Waals surface area (Å²) in [5.74, 6) is 0.623. The van der Waals surface area contributed by atoms with Crippen molar-refractivity contribution >= 4 is 40.8 Å². The fraction of sp³-hybridized carbons (Fsp3) is 0.571.